The quantitative estimate of drug-likeness (QED) is 0.677. The second-order valence-electron chi connectivity index (χ2n) is 5.46. The maximum atomic E-state index is 11.9. The predicted octanol–water partition coefficient (Wildman–Crippen LogP) is 3.02. The Morgan fingerprint density at radius 2 is 1.88 bits per heavy atom. The molecule has 92 valence electrons. The van der Waals surface area contributed by atoms with Gasteiger partial charge in [0.2, 0.25) is 0 Å². The molecule has 0 aromatic rings. The van der Waals surface area contributed by atoms with E-state index in [4.69, 9.17) is 4.74 Å². The standard InChI is InChI=1S/C12H20O2S2/c1-8-9(10(13)14-4)11(2,3)7-12(8)15-5-6-16-12/h8-9H,5-7H2,1-4H3. The Labute approximate surface area is 106 Å². The lowest BCUT2D eigenvalue weighted by Gasteiger charge is -2.28. The number of carbonyl (C=O) groups is 1. The maximum absolute atomic E-state index is 11.9. The monoisotopic (exact) mass is 260 g/mol. The van der Waals surface area contributed by atoms with Crippen molar-refractivity contribution in [2.45, 2.75) is 31.3 Å². The Morgan fingerprint density at radius 1 is 1.31 bits per heavy atom. The molecule has 1 saturated heterocycles. The summed E-state index contributed by atoms with van der Waals surface area (Å²) in [4.78, 5) is 11.9. The molecular weight excluding hydrogens is 240 g/mol. The number of thioether (sulfide) groups is 2. The molecule has 4 heteroatoms. The molecule has 1 heterocycles. The molecule has 2 aliphatic rings. The van der Waals surface area contributed by atoms with Crippen molar-refractivity contribution in [3.8, 4) is 0 Å². The number of rotatable bonds is 1. The Morgan fingerprint density at radius 3 is 2.38 bits per heavy atom. The third-order valence-electron chi connectivity index (χ3n) is 3.97. The maximum Gasteiger partial charge on any atom is 0.309 e. The second kappa shape index (κ2) is 4.13. The zero-order valence-corrected chi connectivity index (χ0v) is 12.0. The molecule has 2 fully saturated rings. The summed E-state index contributed by atoms with van der Waals surface area (Å²) in [5.41, 5.74) is 0.0663. The van der Waals surface area contributed by atoms with Gasteiger partial charge in [-0.1, -0.05) is 20.8 Å². The van der Waals surface area contributed by atoms with Gasteiger partial charge in [0.15, 0.2) is 0 Å². The van der Waals surface area contributed by atoms with E-state index in [0.29, 0.717) is 5.92 Å². The number of carbonyl (C=O) groups excluding carboxylic acids is 1. The fourth-order valence-electron chi connectivity index (χ4n) is 3.32. The van der Waals surface area contributed by atoms with Gasteiger partial charge in [0.05, 0.1) is 17.1 Å². The van der Waals surface area contributed by atoms with Crippen LogP contribution in [0.15, 0.2) is 0 Å². The fourth-order valence-corrected chi connectivity index (χ4v) is 7.26. The van der Waals surface area contributed by atoms with E-state index in [-0.39, 0.29) is 21.4 Å². The molecule has 2 atom stereocenters. The summed E-state index contributed by atoms with van der Waals surface area (Å²) < 4.78 is 5.25. The summed E-state index contributed by atoms with van der Waals surface area (Å²) in [6.45, 7) is 6.64. The summed E-state index contributed by atoms with van der Waals surface area (Å²) >= 11 is 4.10. The number of ether oxygens (including phenoxy) is 1. The molecule has 2 nitrogen and oxygen atoms in total. The van der Waals surface area contributed by atoms with Crippen molar-refractivity contribution >= 4 is 29.5 Å². The topological polar surface area (TPSA) is 26.3 Å². The van der Waals surface area contributed by atoms with E-state index < -0.39 is 0 Å². The molecule has 2 rings (SSSR count). The van der Waals surface area contributed by atoms with Gasteiger partial charge in [-0.2, -0.15) is 0 Å². The van der Waals surface area contributed by atoms with E-state index in [9.17, 15) is 4.79 Å². The molecular formula is C12H20O2S2. The molecule has 16 heavy (non-hydrogen) atoms. The molecule has 1 aliphatic carbocycles. The first-order valence-corrected chi connectivity index (χ1v) is 7.76. The van der Waals surface area contributed by atoms with E-state index >= 15 is 0 Å². The first-order valence-electron chi connectivity index (χ1n) is 5.79. The van der Waals surface area contributed by atoms with E-state index in [1.54, 1.807) is 0 Å². The number of hydrogen-bond donors (Lipinski definition) is 0. The highest BCUT2D eigenvalue weighted by molar-refractivity contribution is 8.21. The largest absolute Gasteiger partial charge is 0.469 e. The highest BCUT2D eigenvalue weighted by Gasteiger charge is 2.59. The van der Waals surface area contributed by atoms with Gasteiger partial charge in [-0.05, 0) is 17.8 Å². The fraction of sp³-hybridized carbons (Fsp3) is 0.917. The molecule has 1 spiro atoms. The van der Waals surface area contributed by atoms with Crippen LogP contribution in [0.1, 0.15) is 27.2 Å². The Bertz CT molecular complexity index is 295. The van der Waals surface area contributed by atoms with Gasteiger partial charge in [-0.3, -0.25) is 4.79 Å². The summed E-state index contributed by atoms with van der Waals surface area (Å²) in [6.07, 6.45) is 1.12. The van der Waals surface area contributed by atoms with E-state index in [0.717, 1.165) is 6.42 Å². The van der Waals surface area contributed by atoms with Crippen molar-refractivity contribution < 1.29 is 9.53 Å². The van der Waals surface area contributed by atoms with Crippen molar-refractivity contribution in [2.24, 2.45) is 17.3 Å². The molecule has 0 N–H and O–H groups in total. The van der Waals surface area contributed by atoms with E-state index in [1.165, 1.54) is 18.6 Å². The van der Waals surface area contributed by atoms with Crippen LogP contribution in [-0.4, -0.2) is 28.7 Å². The molecule has 0 amide bonds. The Hall–Kier alpha value is 0.170. The normalized spacial score (nSPS) is 35.5. The highest BCUT2D eigenvalue weighted by Crippen LogP contribution is 2.65. The third kappa shape index (κ3) is 1.78. The third-order valence-corrected chi connectivity index (χ3v) is 7.76. The molecule has 0 aromatic carbocycles. The molecule has 1 saturated carbocycles. The van der Waals surface area contributed by atoms with Gasteiger partial charge < -0.3 is 4.74 Å². The zero-order chi connectivity index (χ0) is 12.0. The van der Waals surface area contributed by atoms with Crippen LogP contribution < -0.4 is 0 Å². The summed E-state index contributed by atoms with van der Waals surface area (Å²) in [5, 5.41) is 0. The summed E-state index contributed by atoms with van der Waals surface area (Å²) in [6, 6.07) is 0. The van der Waals surface area contributed by atoms with Crippen LogP contribution in [0.5, 0.6) is 0 Å². The molecule has 1 aliphatic heterocycles. The summed E-state index contributed by atoms with van der Waals surface area (Å²) in [5.74, 6) is 2.88. The number of hydrogen-bond acceptors (Lipinski definition) is 4. The lowest BCUT2D eigenvalue weighted by molar-refractivity contribution is -0.150. The second-order valence-corrected chi connectivity index (χ2v) is 8.57. The van der Waals surface area contributed by atoms with Gasteiger partial charge >= 0.3 is 5.97 Å². The van der Waals surface area contributed by atoms with Crippen LogP contribution >= 0.6 is 23.5 Å². The van der Waals surface area contributed by atoms with E-state index in [2.05, 4.69) is 20.8 Å². The van der Waals surface area contributed by atoms with Crippen molar-refractivity contribution in [1.82, 2.24) is 0 Å². The van der Waals surface area contributed by atoms with Gasteiger partial charge in [0, 0.05) is 11.5 Å². The minimum atomic E-state index is -0.0255. The first kappa shape index (κ1) is 12.6. The minimum absolute atomic E-state index is 0.0255. The van der Waals surface area contributed by atoms with Gasteiger partial charge in [0.1, 0.15) is 0 Å². The van der Waals surface area contributed by atoms with Crippen LogP contribution in [0.25, 0.3) is 0 Å². The minimum Gasteiger partial charge on any atom is -0.469 e. The van der Waals surface area contributed by atoms with E-state index in [1.807, 2.05) is 23.5 Å². The van der Waals surface area contributed by atoms with Crippen molar-refractivity contribution in [3.63, 3.8) is 0 Å². The van der Waals surface area contributed by atoms with Crippen LogP contribution in [0.2, 0.25) is 0 Å². The van der Waals surface area contributed by atoms with Gasteiger partial charge in [-0.25, -0.2) is 0 Å². The van der Waals surface area contributed by atoms with Crippen LogP contribution in [0, 0.1) is 17.3 Å². The van der Waals surface area contributed by atoms with Crippen molar-refractivity contribution in [3.05, 3.63) is 0 Å². The Kier molecular flexibility index (Phi) is 3.26. The average molecular weight is 260 g/mol. The summed E-state index contributed by atoms with van der Waals surface area (Å²) in [7, 11) is 1.51. The SMILES string of the molecule is COC(=O)C1C(C)C2(CC1(C)C)SCCS2. The zero-order valence-electron chi connectivity index (χ0n) is 10.4. The number of esters is 1. The Balaban J connectivity index is 2.29. The molecule has 0 bridgehead atoms. The predicted molar refractivity (Wildman–Crippen MR) is 70.7 cm³/mol. The van der Waals surface area contributed by atoms with Crippen molar-refractivity contribution in [2.75, 3.05) is 18.6 Å². The smallest absolute Gasteiger partial charge is 0.309 e. The van der Waals surface area contributed by atoms with Gasteiger partial charge in [0.25, 0.3) is 0 Å². The number of methoxy groups -OCH3 is 1. The van der Waals surface area contributed by atoms with Gasteiger partial charge in [-0.15, -0.1) is 23.5 Å². The van der Waals surface area contributed by atoms with Crippen molar-refractivity contribution in [1.29, 1.82) is 0 Å². The lowest BCUT2D eigenvalue weighted by Crippen LogP contribution is -2.32. The highest BCUT2D eigenvalue weighted by atomic mass is 32.2. The van der Waals surface area contributed by atoms with Crippen LogP contribution in [-0.2, 0) is 9.53 Å². The molecule has 0 radical (unpaired) electrons. The van der Waals surface area contributed by atoms with Crippen LogP contribution in [0.3, 0.4) is 0 Å². The molecule has 0 aromatic heterocycles. The molecule has 2 unspecified atom stereocenters. The lowest BCUT2D eigenvalue weighted by atomic mass is 9.79. The first-order chi connectivity index (χ1) is 7.43. The average Bonchev–Trinajstić information content (AvgIpc) is 2.72. The van der Waals surface area contributed by atoms with Crippen LogP contribution in [0.4, 0.5) is 0 Å².